The van der Waals surface area contributed by atoms with E-state index >= 15 is 0 Å². The fourth-order valence-electron chi connectivity index (χ4n) is 2.13. The van der Waals surface area contributed by atoms with Crippen LogP contribution in [0.25, 0.3) is 10.8 Å². The van der Waals surface area contributed by atoms with Crippen molar-refractivity contribution in [3.63, 3.8) is 0 Å². The number of benzene rings is 2. The number of fused-ring (bicyclic) bond motifs is 1. The molecule has 0 amide bonds. The lowest BCUT2D eigenvalue weighted by atomic mass is 10.1. The smallest absolute Gasteiger partial charge is 0.220 e. The Kier molecular flexibility index (Phi) is 3.59. The Morgan fingerprint density at radius 1 is 1.05 bits per heavy atom. The third-order valence-corrected chi connectivity index (χ3v) is 3.55. The van der Waals surface area contributed by atoms with Gasteiger partial charge in [0.1, 0.15) is 5.75 Å². The summed E-state index contributed by atoms with van der Waals surface area (Å²) in [6.45, 7) is 1.84. The molecule has 0 N–H and O–H groups in total. The van der Waals surface area contributed by atoms with Crippen LogP contribution in [0.1, 0.15) is 11.3 Å². The van der Waals surface area contributed by atoms with Crippen LogP contribution in [0.3, 0.4) is 0 Å². The zero-order chi connectivity index (χ0) is 14.8. The van der Waals surface area contributed by atoms with Crippen LogP contribution < -0.4 is 4.74 Å². The predicted octanol–water partition coefficient (Wildman–Crippen LogP) is 4.97. The van der Waals surface area contributed by atoms with Crippen LogP contribution in [0, 0.1) is 18.3 Å². The SMILES string of the molecule is Cc1cc(C#N)cc(Oc2ccc3cc(Br)ccc3c2)n1. The highest BCUT2D eigenvalue weighted by atomic mass is 79.9. The van der Waals surface area contributed by atoms with Crippen molar-refractivity contribution in [1.29, 1.82) is 5.26 Å². The lowest BCUT2D eigenvalue weighted by Gasteiger charge is -2.07. The molecule has 21 heavy (non-hydrogen) atoms. The van der Waals surface area contributed by atoms with E-state index < -0.39 is 0 Å². The summed E-state index contributed by atoms with van der Waals surface area (Å²) in [5.41, 5.74) is 1.30. The number of hydrogen-bond acceptors (Lipinski definition) is 3. The maximum Gasteiger partial charge on any atom is 0.220 e. The van der Waals surface area contributed by atoms with Gasteiger partial charge >= 0.3 is 0 Å². The minimum absolute atomic E-state index is 0.433. The summed E-state index contributed by atoms with van der Waals surface area (Å²) in [5.74, 6) is 1.13. The van der Waals surface area contributed by atoms with Gasteiger partial charge in [0, 0.05) is 16.2 Å². The number of ether oxygens (including phenoxy) is 1. The Morgan fingerprint density at radius 3 is 2.62 bits per heavy atom. The van der Waals surface area contributed by atoms with E-state index in [2.05, 4.69) is 33.0 Å². The number of aromatic nitrogens is 1. The number of hydrogen-bond donors (Lipinski definition) is 0. The Labute approximate surface area is 130 Å². The Morgan fingerprint density at radius 2 is 1.81 bits per heavy atom. The number of pyridine rings is 1. The average molecular weight is 339 g/mol. The molecule has 0 aliphatic heterocycles. The number of aryl methyl sites for hydroxylation is 1. The van der Waals surface area contributed by atoms with Crippen molar-refractivity contribution in [3.05, 3.63) is 64.3 Å². The molecule has 4 heteroatoms. The van der Waals surface area contributed by atoms with Crippen molar-refractivity contribution in [2.45, 2.75) is 6.92 Å². The highest BCUT2D eigenvalue weighted by Crippen LogP contribution is 2.27. The van der Waals surface area contributed by atoms with Gasteiger partial charge in [0.05, 0.1) is 11.6 Å². The maximum atomic E-state index is 8.98. The van der Waals surface area contributed by atoms with E-state index in [0.29, 0.717) is 17.2 Å². The number of nitriles is 1. The summed E-state index contributed by atoms with van der Waals surface area (Å²) in [6, 6.07) is 17.4. The van der Waals surface area contributed by atoms with E-state index in [9.17, 15) is 0 Å². The lowest BCUT2D eigenvalue weighted by molar-refractivity contribution is 0.462. The summed E-state index contributed by atoms with van der Waals surface area (Å²) < 4.78 is 6.81. The van der Waals surface area contributed by atoms with E-state index in [1.54, 1.807) is 12.1 Å². The maximum absolute atomic E-state index is 8.98. The predicted molar refractivity (Wildman–Crippen MR) is 85.4 cm³/mol. The molecule has 3 nitrogen and oxygen atoms in total. The Hall–Kier alpha value is -2.38. The van der Waals surface area contributed by atoms with Gasteiger partial charge in [-0.15, -0.1) is 0 Å². The topological polar surface area (TPSA) is 45.9 Å². The molecular formula is C17H11BrN2O. The Balaban J connectivity index is 1.96. The van der Waals surface area contributed by atoms with Crippen molar-refractivity contribution >= 4 is 26.7 Å². The largest absolute Gasteiger partial charge is 0.439 e. The summed E-state index contributed by atoms with van der Waals surface area (Å²) in [7, 11) is 0. The highest BCUT2D eigenvalue weighted by Gasteiger charge is 2.04. The van der Waals surface area contributed by atoms with Gasteiger partial charge in [0.25, 0.3) is 0 Å². The zero-order valence-electron chi connectivity index (χ0n) is 11.3. The highest BCUT2D eigenvalue weighted by molar-refractivity contribution is 9.10. The summed E-state index contributed by atoms with van der Waals surface area (Å²) in [6.07, 6.45) is 0. The molecule has 1 heterocycles. The standard InChI is InChI=1S/C17H11BrN2O/c1-11-6-12(10-19)7-17(20-11)21-16-5-3-13-8-15(18)4-2-14(13)9-16/h2-9H,1H3. The van der Waals surface area contributed by atoms with Gasteiger partial charge in [0.2, 0.25) is 5.88 Å². The molecule has 0 saturated carbocycles. The molecule has 2 aromatic carbocycles. The molecular weight excluding hydrogens is 328 g/mol. The molecule has 3 rings (SSSR count). The lowest BCUT2D eigenvalue weighted by Crippen LogP contribution is -1.91. The van der Waals surface area contributed by atoms with E-state index in [0.717, 1.165) is 20.9 Å². The van der Waals surface area contributed by atoms with Crippen LogP contribution in [-0.4, -0.2) is 4.98 Å². The number of nitrogens with zero attached hydrogens (tertiary/aromatic N) is 2. The van der Waals surface area contributed by atoms with Crippen LogP contribution in [0.15, 0.2) is 53.0 Å². The van der Waals surface area contributed by atoms with E-state index in [-0.39, 0.29) is 0 Å². The van der Waals surface area contributed by atoms with Gasteiger partial charge in [-0.25, -0.2) is 4.98 Å². The van der Waals surface area contributed by atoms with Gasteiger partial charge in [-0.1, -0.05) is 28.1 Å². The summed E-state index contributed by atoms with van der Waals surface area (Å²) in [4.78, 5) is 4.29. The first-order valence-corrected chi connectivity index (χ1v) is 7.19. The fraction of sp³-hybridized carbons (Fsp3) is 0.0588. The second kappa shape index (κ2) is 5.55. The van der Waals surface area contributed by atoms with Gasteiger partial charge in [0.15, 0.2) is 0 Å². The first kappa shape index (κ1) is 13.6. The number of rotatable bonds is 2. The molecule has 0 spiro atoms. The second-order valence-corrected chi connectivity index (χ2v) is 5.62. The van der Waals surface area contributed by atoms with Gasteiger partial charge in [-0.3, -0.25) is 0 Å². The van der Waals surface area contributed by atoms with Gasteiger partial charge in [-0.2, -0.15) is 5.26 Å². The monoisotopic (exact) mass is 338 g/mol. The fourth-order valence-corrected chi connectivity index (χ4v) is 2.51. The van der Waals surface area contributed by atoms with Gasteiger partial charge < -0.3 is 4.74 Å². The molecule has 0 atom stereocenters. The van der Waals surface area contributed by atoms with Crippen LogP contribution in [0.2, 0.25) is 0 Å². The molecule has 0 aliphatic rings. The first-order valence-electron chi connectivity index (χ1n) is 6.40. The quantitative estimate of drug-likeness (QED) is 0.662. The van der Waals surface area contributed by atoms with Crippen LogP contribution in [-0.2, 0) is 0 Å². The zero-order valence-corrected chi connectivity index (χ0v) is 12.9. The summed E-state index contributed by atoms with van der Waals surface area (Å²) >= 11 is 3.46. The Bertz CT molecular complexity index is 868. The molecule has 0 fully saturated rings. The molecule has 1 aromatic heterocycles. The van der Waals surface area contributed by atoms with Crippen molar-refractivity contribution in [2.24, 2.45) is 0 Å². The van der Waals surface area contributed by atoms with E-state index in [1.165, 1.54) is 0 Å². The van der Waals surface area contributed by atoms with Gasteiger partial charge in [-0.05, 0) is 48.0 Å². The summed E-state index contributed by atoms with van der Waals surface area (Å²) in [5, 5.41) is 11.2. The van der Waals surface area contributed by atoms with Crippen LogP contribution in [0.5, 0.6) is 11.6 Å². The van der Waals surface area contributed by atoms with Crippen molar-refractivity contribution in [1.82, 2.24) is 4.98 Å². The second-order valence-electron chi connectivity index (χ2n) is 4.70. The van der Waals surface area contributed by atoms with E-state index in [4.69, 9.17) is 10.00 Å². The van der Waals surface area contributed by atoms with E-state index in [1.807, 2.05) is 37.3 Å². The molecule has 0 aliphatic carbocycles. The first-order chi connectivity index (χ1) is 10.1. The van der Waals surface area contributed by atoms with Crippen molar-refractivity contribution in [3.8, 4) is 17.7 Å². The molecule has 0 unspecified atom stereocenters. The van der Waals surface area contributed by atoms with Crippen molar-refractivity contribution in [2.75, 3.05) is 0 Å². The molecule has 3 aromatic rings. The van der Waals surface area contributed by atoms with Crippen LogP contribution in [0.4, 0.5) is 0 Å². The molecule has 0 radical (unpaired) electrons. The third kappa shape index (κ3) is 3.04. The normalized spacial score (nSPS) is 10.3. The minimum atomic E-state index is 0.433. The minimum Gasteiger partial charge on any atom is -0.439 e. The molecule has 102 valence electrons. The third-order valence-electron chi connectivity index (χ3n) is 3.06. The molecule has 0 saturated heterocycles. The number of halogens is 1. The van der Waals surface area contributed by atoms with Crippen molar-refractivity contribution < 1.29 is 4.74 Å². The average Bonchev–Trinajstić information content (AvgIpc) is 2.47. The molecule has 0 bridgehead atoms. The van der Waals surface area contributed by atoms with Crippen LogP contribution >= 0.6 is 15.9 Å².